The van der Waals surface area contributed by atoms with Crippen molar-refractivity contribution in [2.24, 2.45) is 23.5 Å². The zero-order chi connectivity index (χ0) is 12.7. The minimum atomic E-state index is 0.198. The van der Waals surface area contributed by atoms with E-state index in [1.165, 1.54) is 25.7 Å². The normalized spacial score (nSPS) is 26.5. The van der Waals surface area contributed by atoms with Crippen LogP contribution in [0.2, 0.25) is 0 Å². The molecular formula is C14H28N2O. The summed E-state index contributed by atoms with van der Waals surface area (Å²) in [4.78, 5) is 11.6. The van der Waals surface area contributed by atoms with Crippen LogP contribution in [0.5, 0.6) is 0 Å². The highest BCUT2D eigenvalue weighted by Gasteiger charge is 2.19. The predicted octanol–water partition coefficient (Wildman–Crippen LogP) is 2.30. The molecule has 17 heavy (non-hydrogen) atoms. The Morgan fingerprint density at radius 3 is 2.88 bits per heavy atom. The monoisotopic (exact) mass is 240 g/mol. The van der Waals surface area contributed by atoms with E-state index in [-0.39, 0.29) is 5.91 Å². The lowest BCUT2D eigenvalue weighted by atomic mass is 9.82. The van der Waals surface area contributed by atoms with E-state index < -0.39 is 0 Å². The first kappa shape index (κ1) is 14.5. The van der Waals surface area contributed by atoms with Gasteiger partial charge in [-0.25, -0.2) is 0 Å². The maximum Gasteiger partial charge on any atom is 0.220 e. The molecule has 1 rings (SSSR count). The Morgan fingerprint density at radius 2 is 2.24 bits per heavy atom. The van der Waals surface area contributed by atoms with E-state index in [0.29, 0.717) is 24.8 Å². The van der Waals surface area contributed by atoms with Gasteiger partial charge in [0.1, 0.15) is 0 Å². The van der Waals surface area contributed by atoms with Crippen molar-refractivity contribution in [3.8, 4) is 0 Å². The molecule has 0 heterocycles. The number of carbonyl (C=O) groups is 1. The molecule has 3 heteroatoms. The van der Waals surface area contributed by atoms with Crippen molar-refractivity contribution in [3.05, 3.63) is 0 Å². The maximum atomic E-state index is 11.6. The van der Waals surface area contributed by atoms with Gasteiger partial charge in [-0.15, -0.1) is 0 Å². The van der Waals surface area contributed by atoms with Crippen LogP contribution in [0.4, 0.5) is 0 Å². The number of amides is 1. The first-order valence-electron chi connectivity index (χ1n) is 7.08. The molecule has 0 aromatic carbocycles. The molecule has 0 spiro atoms. The zero-order valence-corrected chi connectivity index (χ0v) is 11.4. The summed E-state index contributed by atoms with van der Waals surface area (Å²) in [6.07, 6.45) is 6.78. The molecule has 3 atom stereocenters. The first-order valence-corrected chi connectivity index (χ1v) is 7.08. The molecule has 0 aromatic rings. The van der Waals surface area contributed by atoms with Crippen molar-refractivity contribution in [2.75, 3.05) is 13.1 Å². The van der Waals surface area contributed by atoms with Crippen molar-refractivity contribution < 1.29 is 4.79 Å². The highest BCUT2D eigenvalue weighted by Crippen LogP contribution is 2.27. The summed E-state index contributed by atoms with van der Waals surface area (Å²) in [5.41, 5.74) is 5.53. The fourth-order valence-electron chi connectivity index (χ4n) is 2.59. The summed E-state index contributed by atoms with van der Waals surface area (Å²) >= 11 is 0. The Kier molecular flexibility index (Phi) is 6.56. The van der Waals surface area contributed by atoms with Crippen LogP contribution >= 0.6 is 0 Å². The lowest BCUT2D eigenvalue weighted by Gasteiger charge is -2.26. The third-order valence-electron chi connectivity index (χ3n) is 3.90. The second kappa shape index (κ2) is 7.70. The first-order chi connectivity index (χ1) is 8.11. The topological polar surface area (TPSA) is 55.1 Å². The van der Waals surface area contributed by atoms with Crippen LogP contribution in [0, 0.1) is 17.8 Å². The summed E-state index contributed by atoms with van der Waals surface area (Å²) < 4.78 is 0. The van der Waals surface area contributed by atoms with Gasteiger partial charge >= 0.3 is 0 Å². The van der Waals surface area contributed by atoms with Crippen LogP contribution in [0.15, 0.2) is 0 Å². The average Bonchev–Trinajstić information content (AvgIpc) is 2.33. The number of hydrogen-bond donors (Lipinski definition) is 2. The number of rotatable bonds is 6. The highest BCUT2D eigenvalue weighted by atomic mass is 16.1. The predicted molar refractivity (Wildman–Crippen MR) is 71.6 cm³/mol. The van der Waals surface area contributed by atoms with Gasteiger partial charge in [0, 0.05) is 13.0 Å². The van der Waals surface area contributed by atoms with E-state index in [9.17, 15) is 4.79 Å². The molecule has 1 aliphatic carbocycles. The van der Waals surface area contributed by atoms with E-state index in [0.717, 1.165) is 18.9 Å². The molecular weight excluding hydrogens is 212 g/mol. The Hall–Kier alpha value is -0.570. The lowest BCUT2D eigenvalue weighted by Crippen LogP contribution is -2.31. The molecule has 0 aromatic heterocycles. The fourth-order valence-corrected chi connectivity index (χ4v) is 2.59. The second-order valence-corrected chi connectivity index (χ2v) is 5.82. The van der Waals surface area contributed by atoms with Crippen molar-refractivity contribution >= 4 is 5.91 Å². The summed E-state index contributed by atoms with van der Waals surface area (Å²) in [7, 11) is 0. The molecule has 0 aliphatic heterocycles. The molecule has 0 saturated heterocycles. The van der Waals surface area contributed by atoms with E-state index in [1.54, 1.807) is 0 Å². The summed E-state index contributed by atoms with van der Waals surface area (Å²) in [5, 5.41) is 3.07. The van der Waals surface area contributed by atoms with Gasteiger partial charge in [0.05, 0.1) is 0 Å². The maximum absolute atomic E-state index is 11.6. The van der Waals surface area contributed by atoms with Crippen LogP contribution in [0.25, 0.3) is 0 Å². The van der Waals surface area contributed by atoms with Gasteiger partial charge in [0.25, 0.3) is 0 Å². The van der Waals surface area contributed by atoms with E-state index in [2.05, 4.69) is 19.2 Å². The van der Waals surface area contributed by atoms with Gasteiger partial charge in [-0.2, -0.15) is 0 Å². The number of hydrogen-bond acceptors (Lipinski definition) is 2. The number of nitrogens with one attached hydrogen (secondary N) is 1. The van der Waals surface area contributed by atoms with Crippen molar-refractivity contribution in [1.82, 2.24) is 5.32 Å². The van der Waals surface area contributed by atoms with E-state index >= 15 is 0 Å². The third-order valence-corrected chi connectivity index (χ3v) is 3.90. The van der Waals surface area contributed by atoms with Crippen molar-refractivity contribution in [3.63, 3.8) is 0 Å². The highest BCUT2D eigenvalue weighted by molar-refractivity contribution is 5.75. The van der Waals surface area contributed by atoms with Gasteiger partial charge in [-0.3, -0.25) is 4.79 Å². The fraction of sp³-hybridized carbons (Fsp3) is 0.929. The standard InChI is InChI=1S/C14H28N2O/c1-11-4-3-5-13(8-11)10-16-14(17)7-6-12(2)9-15/h11-13H,3-10,15H2,1-2H3,(H,16,17). The summed E-state index contributed by atoms with van der Waals surface area (Å²) in [6, 6.07) is 0. The largest absolute Gasteiger partial charge is 0.356 e. The number of carbonyl (C=O) groups excluding carboxylic acids is 1. The van der Waals surface area contributed by atoms with Gasteiger partial charge in [0.15, 0.2) is 0 Å². The molecule has 1 amide bonds. The Labute approximate surface area is 106 Å². The van der Waals surface area contributed by atoms with E-state index in [4.69, 9.17) is 5.73 Å². The van der Waals surface area contributed by atoms with Crippen LogP contribution in [-0.4, -0.2) is 19.0 Å². The second-order valence-electron chi connectivity index (χ2n) is 5.82. The molecule has 100 valence electrons. The smallest absolute Gasteiger partial charge is 0.220 e. The summed E-state index contributed by atoms with van der Waals surface area (Å²) in [6.45, 7) is 5.96. The van der Waals surface area contributed by atoms with Crippen LogP contribution < -0.4 is 11.1 Å². The van der Waals surface area contributed by atoms with Gasteiger partial charge in [-0.1, -0.05) is 26.7 Å². The Bertz CT molecular complexity index is 230. The molecule has 0 radical (unpaired) electrons. The van der Waals surface area contributed by atoms with Crippen LogP contribution in [0.1, 0.15) is 52.4 Å². The minimum Gasteiger partial charge on any atom is -0.356 e. The van der Waals surface area contributed by atoms with Crippen LogP contribution in [0.3, 0.4) is 0 Å². The summed E-state index contributed by atoms with van der Waals surface area (Å²) in [5.74, 6) is 2.19. The van der Waals surface area contributed by atoms with Gasteiger partial charge in [-0.05, 0) is 43.6 Å². The quantitative estimate of drug-likeness (QED) is 0.748. The lowest BCUT2D eigenvalue weighted by molar-refractivity contribution is -0.121. The molecule has 3 nitrogen and oxygen atoms in total. The van der Waals surface area contributed by atoms with Crippen molar-refractivity contribution in [2.45, 2.75) is 52.4 Å². The SMILES string of the molecule is CC(CN)CCC(=O)NCC1CCCC(C)C1. The molecule has 3 unspecified atom stereocenters. The van der Waals surface area contributed by atoms with E-state index in [1.807, 2.05) is 0 Å². The number of nitrogens with two attached hydrogens (primary N) is 1. The minimum absolute atomic E-state index is 0.198. The molecule has 0 bridgehead atoms. The molecule has 1 fully saturated rings. The Balaban J connectivity index is 2.10. The molecule has 1 aliphatic rings. The third kappa shape index (κ3) is 6.06. The van der Waals surface area contributed by atoms with Crippen LogP contribution in [-0.2, 0) is 4.79 Å². The van der Waals surface area contributed by atoms with Gasteiger partial charge in [0.2, 0.25) is 5.91 Å². The molecule has 1 saturated carbocycles. The molecule has 3 N–H and O–H groups in total. The van der Waals surface area contributed by atoms with Crippen molar-refractivity contribution in [1.29, 1.82) is 0 Å². The van der Waals surface area contributed by atoms with Gasteiger partial charge < -0.3 is 11.1 Å². The zero-order valence-electron chi connectivity index (χ0n) is 11.4. The average molecular weight is 240 g/mol. The Morgan fingerprint density at radius 1 is 1.47 bits per heavy atom.